The molecule has 0 aliphatic rings. The standard InChI is InChI=1S/C27H18F6N2O10/c1-43-19-9-8-17(35(41)42)12-18(19)34-22(36)20(44-24(39)13-4-2-6-15(10-13)26(28,29)30)21(23(37)38)45-25(40)14-5-3-7-16(11-14)27(31,32)33/h2-12,20-21H,1H3,(H,34,36)(H,37,38)/t20-,21-/m1/s1. The maximum atomic E-state index is 13.3. The zero-order valence-corrected chi connectivity index (χ0v) is 22.3. The summed E-state index contributed by atoms with van der Waals surface area (Å²) in [6.07, 6.45) is -15.4. The molecule has 0 unspecified atom stereocenters. The lowest BCUT2D eigenvalue weighted by atomic mass is 10.1. The van der Waals surface area contributed by atoms with Crippen LogP contribution < -0.4 is 10.1 Å². The summed E-state index contributed by atoms with van der Waals surface area (Å²) < 4.78 is 93.6. The molecule has 0 heterocycles. The topological polar surface area (TPSA) is 171 Å². The van der Waals surface area contributed by atoms with Gasteiger partial charge in [-0.1, -0.05) is 12.1 Å². The first-order valence-electron chi connectivity index (χ1n) is 12.0. The third kappa shape index (κ3) is 8.46. The molecule has 238 valence electrons. The summed E-state index contributed by atoms with van der Waals surface area (Å²) in [6, 6.07) is 7.77. The van der Waals surface area contributed by atoms with Gasteiger partial charge in [0.25, 0.3) is 11.6 Å². The van der Waals surface area contributed by atoms with Gasteiger partial charge in [0.1, 0.15) is 5.75 Å². The highest BCUT2D eigenvalue weighted by Crippen LogP contribution is 2.32. The van der Waals surface area contributed by atoms with E-state index in [1.807, 2.05) is 5.32 Å². The number of carbonyl (C=O) groups excluding carboxylic acids is 3. The average Bonchev–Trinajstić information content (AvgIpc) is 2.97. The van der Waals surface area contributed by atoms with Crippen LogP contribution in [-0.2, 0) is 31.4 Å². The summed E-state index contributed by atoms with van der Waals surface area (Å²) in [5.41, 5.74) is -5.40. The Hall–Kier alpha value is -5.68. The van der Waals surface area contributed by atoms with Crippen molar-refractivity contribution in [3.05, 3.63) is 99.1 Å². The zero-order chi connectivity index (χ0) is 33.7. The normalized spacial score (nSPS) is 12.8. The maximum Gasteiger partial charge on any atom is 0.416 e. The number of nitro groups is 1. The fourth-order valence-electron chi connectivity index (χ4n) is 3.62. The molecule has 0 fully saturated rings. The monoisotopic (exact) mass is 644 g/mol. The van der Waals surface area contributed by atoms with Crippen molar-refractivity contribution < 1.29 is 69.8 Å². The van der Waals surface area contributed by atoms with Gasteiger partial charge in [0.2, 0.25) is 12.2 Å². The van der Waals surface area contributed by atoms with Crippen LogP contribution in [0.4, 0.5) is 37.7 Å². The van der Waals surface area contributed by atoms with E-state index in [0.29, 0.717) is 24.3 Å². The first-order valence-corrected chi connectivity index (χ1v) is 12.0. The predicted octanol–water partition coefficient (Wildman–Crippen LogP) is 5.12. The van der Waals surface area contributed by atoms with Crippen LogP contribution >= 0.6 is 0 Å². The van der Waals surface area contributed by atoms with Crippen molar-refractivity contribution >= 4 is 35.2 Å². The number of nitrogens with zero attached hydrogens (tertiary/aromatic N) is 1. The van der Waals surface area contributed by atoms with Gasteiger partial charge in [0.05, 0.1) is 40.0 Å². The van der Waals surface area contributed by atoms with E-state index in [-0.39, 0.29) is 5.75 Å². The fraction of sp³-hybridized carbons (Fsp3) is 0.185. The van der Waals surface area contributed by atoms with E-state index >= 15 is 0 Å². The largest absolute Gasteiger partial charge is 0.495 e. The van der Waals surface area contributed by atoms with Gasteiger partial charge in [0.15, 0.2) is 0 Å². The summed E-state index contributed by atoms with van der Waals surface area (Å²) in [5, 5.41) is 23.0. The summed E-state index contributed by atoms with van der Waals surface area (Å²) in [6.45, 7) is 0. The number of benzene rings is 3. The second-order valence-electron chi connectivity index (χ2n) is 8.78. The Kier molecular flexibility index (Phi) is 10.0. The number of amides is 1. The lowest BCUT2D eigenvalue weighted by molar-refractivity contribution is -0.384. The summed E-state index contributed by atoms with van der Waals surface area (Å²) in [5.74, 6) is -7.50. The number of nitro benzene ring substituents is 1. The van der Waals surface area contributed by atoms with Crippen molar-refractivity contribution in [2.24, 2.45) is 0 Å². The minimum atomic E-state index is -4.93. The Morgan fingerprint density at radius 1 is 0.800 bits per heavy atom. The van der Waals surface area contributed by atoms with Crippen molar-refractivity contribution in [3.63, 3.8) is 0 Å². The van der Waals surface area contributed by atoms with Crippen LogP contribution in [0, 0.1) is 10.1 Å². The number of non-ortho nitro benzene ring substituents is 1. The minimum Gasteiger partial charge on any atom is -0.495 e. The molecule has 0 aliphatic carbocycles. The fourth-order valence-corrected chi connectivity index (χ4v) is 3.62. The molecule has 0 saturated carbocycles. The number of carboxylic acids is 1. The van der Waals surface area contributed by atoms with E-state index in [9.17, 15) is 60.7 Å². The van der Waals surface area contributed by atoms with Crippen molar-refractivity contribution in [2.75, 3.05) is 12.4 Å². The van der Waals surface area contributed by atoms with E-state index in [1.54, 1.807) is 0 Å². The van der Waals surface area contributed by atoms with Gasteiger partial charge in [0, 0.05) is 12.1 Å². The molecule has 0 radical (unpaired) electrons. The third-order valence-corrected chi connectivity index (χ3v) is 5.75. The van der Waals surface area contributed by atoms with Crippen LogP contribution in [0.5, 0.6) is 5.75 Å². The smallest absolute Gasteiger partial charge is 0.416 e. The quantitative estimate of drug-likeness (QED) is 0.131. The summed E-state index contributed by atoms with van der Waals surface area (Å²) >= 11 is 0. The number of rotatable bonds is 10. The number of aliphatic carboxylic acids is 1. The molecular weight excluding hydrogens is 626 g/mol. The van der Waals surface area contributed by atoms with Crippen LogP contribution in [0.3, 0.4) is 0 Å². The molecule has 3 aromatic rings. The van der Waals surface area contributed by atoms with Crippen molar-refractivity contribution in [1.82, 2.24) is 0 Å². The number of anilines is 1. The number of methoxy groups -OCH3 is 1. The number of halogens is 6. The SMILES string of the molecule is COc1ccc([N+](=O)[O-])cc1NC(=O)[C@H](OC(=O)c1cccc(C(F)(F)F)c1)[C@@H](OC(=O)c1cccc(C(F)(F)F)c1)C(=O)O. The first kappa shape index (κ1) is 33.8. The Morgan fingerprint density at radius 2 is 1.29 bits per heavy atom. The van der Waals surface area contributed by atoms with E-state index in [1.165, 1.54) is 0 Å². The number of ether oxygens (including phenoxy) is 3. The minimum absolute atomic E-state index is 0.232. The zero-order valence-electron chi connectivity index (χ0n) is 22.3. The Balaban J connectivity index is 2.05. The molecule has 2 atom stereocenters. The molecule has 0 bridgehead atoms. The molecule has 18 heteroatoms. The Morgan fingerprint density at radius 3 is 1.71 bits per heavy atom. The van der Waals surface area contributed by atoms with Crippen molar-refractivity contribution in [3.8, 4) is 5.75 Å². The molecule has 0 aromatic heterocycles. The average molecular weight is 644 g/mol. The van der Waals surface area contributed by atoms with Crippen LogP contribution in [0.25, 0.3) is 0 Å². The van der Waals surface area contributed by atoms with Gasteiger partial charge in [-0.25, -0.2) is 14.4 Å². The number of esters is 2. The lowest BCUT2D eigenvalue weighted by Gasteiger charge is -2.24. The Labute approximate surface area is 247 Å². The molecule has 12 nitrogen and oxygen atoms in total. The Bertz CT molecular complexity index is 1640. The molecule has 1 amide bonds. The van der Waals surface area contributed by atoms with Gasteiger partial charge >= 0.3 is 30.3 Å². The number of carboxylic acid groups (broad SMARTS) is 1. The van der Waals surface area contributed by atoms with Gasteiger partial charge in [-0.3, -0.25) is 14.9 Å². The molecule has 3 aromatic carbocycles. The van der Waals surface area contributed by atoms with Crippen molar-refractivity contribution in [1.29, 1.82) is 0 Å². The highest BCUT2D eigenvalue weighted by atomic mass is 19.4. The number of carbonyl (C=O) groups is 4. The first-order chi connectivity index (χ1) is 20.9. The predicted molar refractivity (Wildman–Crippen MR) is 137 cm³/mol. The molecule has 3 rings (SSSR count). The van der Waals surface area contributed by atoms with Gasteiger partial charge in [-0.05, 0) is 42.5 Å². The molecular formula is C27H18F6N2O10. The second kappa shape index (κ2) is 13.3. The molecule has 0 aliphatic heterocycles. The van der Waals surface area contributed by atoms with Crippen LogP contribution in [0.2, 0.25) is 0 Å². The van der Waals surface area contributed by atoms with E-state index in [0.717, 1.165) is 49.6 Å². The molecule has 0 spiro atoms. The van der Waals surface area contributed by atoms with Crippen LogP contribution in [0.15, 0.2) is 66.7 Å². The second-order valence-corrected chi connectivity index (χ2v) is 8.78. The van der Waals surface area contributed by atoms with Gasteiger partial charge in [-0.15, -0.1) is 0 Å². The highest BCUT2D eigenvalue weighted by Gasteiger charge is 2.42. The molecule has 0 saturated heterocycles. The van der Waals surface area contributed by atoms with Crippen LogP contribution in [0.1, 0.15) is 31.8 Å². The lowest BCUT2D eigenvalue weighted by Crippen LogP contribution is -2.48. The number of nitrogens with one attached hydrogen (secondary N) is 1. The number of alkyl halides is 6. The number of hydrogen-bond acceptors (Lipinski definition) is 9. The number of hydrogen-bond donors (Lipinski definition) is 2. The van der Waals surface area contributed by atoms with E-state index in [4.69, 9.17) is 14.2 Å². The van der Waals surface area contributed by atoms with E-state index < -0.39 is 86.9 Å². The summed E-state index contributed by atoms with van der Waals surface area (Å²) in [4.78, 5) is 61.4. The third-order valence-electron chi connectivity index (χ3n) is 5.75. The molecule has 2 N–H and O–H groups in total. The van der Waals surface area contributed by atoms with Gasteiger partial charge < -0.3 is 24.6 Å². The summed E-state index contributed by atoms with van der Waals surface area (Å²) in [7, 11) is 1.08. The van der Waals surface area contributed by atoms with Gasteiger partial charge in [-0.2, -0.15) is 26.3 Å². The maximum absolute atomic E-state index is 13.3. The van der Waals surface area contributed by atoms with Crippen molar-refractivity contribution in [2.45, 2.75) is 24.6 Å². The molecule has 45 heavy (non-hydrogen) atoms. The van der Waals surface area contributed by atoms with Crippen LogP contribution in [-0.4, -0.2) is 53.2 Å². The van der Waals surface area contributed by atoms with E-state index in [2.05, 4.69) is 0 Å². The highest BCUT2D eigenvalue weighted by molar-refractivity contribution is 6.02.